The third-order valence-electron chi connectivity index (χ3n) is 3.83. The van der Waals surface area contributed by atoms with Crippen LogP contribution in [-0.2, 0) is 4.79 Å². The molecule has 3 heterocycles. The molecule has 4 aromatic rings. The van der Waals surface area contributed by atoms with Crippen LogP contribution in [0.3, 0.4) is 0 Å². The van der Waals surface area contributed by atoms with Crippen LogP contribution in [0.1, 0.15) is 5.56 Å². The maximum atomic E-state index is 12.2. The Morgan fingerprint density at radius 2 is 1.96 bits per heavy atom. The van der Waals surface area contributed by atoms with Crippen LogP contribution in [0.25, 0.3) is 17.0 Å². The van der Waals surface area contributed by atoms with Gasteiger partial charge in [0.1, 0.15) is 5.03 Å². The van der Waals surface area contributed by atoms with E-state index in [9.17, 15) is 4.79 Å². The lowest BCUT2D eigenvalue weighted by atomic mass is 10.2. The molecule has 134 valence electrons. The number of nitrogens with one attached hydrogen (secondary N) is 1. The highest BCUT2D eigenvalue weighted by Crippen LogP contribution is 2.20. The molecule has 0 aliphatic heterocycles. The summed E-state index contributed by atoms with van der Waals surface area (Å²) in [6.45, 7) is 1.99. The van der Waals surface area contributed by atoms with Gasteiger partial charge in [0.25, 0.3) is 0 Å². The molecule has 7 nitrogen and oxygen atoms in total. The summed E-state index contributed by atoms with van der Waals surface area (Å²) in [5, 5.41) is 16.5. The fraction of sp³-hybridized carbons (Fsp3) is 0.105. The van der Waals surface area contributed by atoms with Gasteiger partial charge in [-0.2, -0.15) is 9.61 Å². The van der Waals surface area contributed by atoms with E-state index in [-0.39, 0.29) is 11.7 Å². The molecule has 0 saturated carbocycles. The van der Waals surface area contributed by atoms with Crippen molar-refractivity contribution in [2.45, 2.75) is 11.9 Å². The van der Waals surface area contributed by atoms with Gasteiger partial charge >= 0.3 is 0 Å². The molecule has 0 radical (unpaired) electrons. The quantitative estimate of drug-likeness (QED) is 0.538. The summed E-state index contributed by atoms with van der Waals surface area (Å²) >= 11 is 1.36. The van der Waals surface area contributed by atoms with Gasteiger partial charge in [-0.25, -0.2) is 0 Å². The minimum atomic E-state index is -0.0781. The first kappa shape index (κ1) is 17.2. The molecule has 1 N–H and O–H groups in total. The Hall–Kier alpha value is -3.26. The van der Waals surface area contributed by atoms with Crippen LogP contribution in [0, 0.1) is 6.92 Å². The smallest absolute Gasteiger partial charge is 0.234 e. The second-order valence-corrected chi connectivity index (χ2v) is 6.90. The van der Waals surface area contributed by atoms with Crippen molar-refractivity contribution in [3.63, 3.8) is 0 Å². The number of fused-ring (bicyclic) bond motifs is 1. The van der Waals surface area contributed by atoms with Crippen molar-refractivity contribution >= 4 is 29.0 Å². The first-order valence-electron chi connectivity index (χ1n) is 8.31. The van der Waals surface area contributed by atoms with Crippen molar-refractivity contribution in [2.24, 2.45) is 0 Å². The summed E-state index contributed by atoms with van der Waals surface area (Å²) < 4.78 is 1.68. The molecule has 1 amide bonds. The standard InChI is InChI=1S/C19H16N6OS/c1-13-3-2-4-15(11-13)21-17(26)12-27-18-6-5-16-22-23-19(25(16)24-18)14-7-9-20-10-8-14/h2-11H,12H2,1H3,(H,21,26). The summed E-state index contributed by atoms with van der Waals surface area (Å²) in [6.07, 6.45) is 3.40. The van der Waals surface area contributed by atoms with E-state index in [1.54, 1.807) is 16.9 Å². The lowest BCUT2D eigenvalue weighted by Gasteiger charge is -2.06. The lowest BCUT2D eigenvalue weighted by molar-refractivity contribution is -0.113. The summed E-state index contributed by atoms with van der Waals surface area (Å²) in [6, 6.07) is 15.1. The fourth-order valence-corrected chi connectivity index (χ4v) is 3.24. The van der Waals surface area contributed by atoms with Crippen molar-refractivity contribution in [3.8, 4) is 11.4 Å². The number of hydrogen-bond acceptors (Lipinski definition) is 6. The molecule has 27 heavy (non-hydrogen) atoms. The van der Waals surface area contributed by atoms with Gasteiger partial charge in [0.05, 0.1) is 5.75 Å². The Morgan fingerprint density at radius 1 is 1.11 bits per heavy atom. The largest absolute Gasteiger partial charge is 0.325 e. The highest BCUT2D eigenvalue weighted by molar-refractivity contribution is 7.99. The van der Waals surface area contributed by atoms with E-state index in [1.165, 1.54) is 11.8 Å². The number of rotatable bonds is 5. The number of anilines is 1. The molecule has 0 atom stereocenters. The Morgan fingerprint density at radius 3 is 2.78 bits per heavy atom. The highest BCUT2D eigenvalue weighted by Gasteiger charge is 2.11. The Bertz CT molecular complexity index is 1100. The van der Waals surface area contributed by atoms with Crippen molar-refractivity contribution in [1.82, 2.24) is 24.8 Å². The predicted molar refractivity (Wildman–Crippen MR) is 105 cm³/mol. The molecule has 3 aromatic heterocycles. The minimum absolute atomic E-state index is 0.0781. The third-order valence-corrected chi connectivity index (χ3v) is 4.75. The normalized spacial score (nSPS) is 10.9. The number of pyridine rings is 1. The third kappa shape index (κ3) is 3.95. The second kappa shape index (κ2) is 7.55. The number of aromatic nitrogens is 5. The van der Waals surface area contributed by atoms with Crippen molar-refractivity contribution in [3.05, 3.63) is 66.5 Å². The molecule has 0 unspecified atom stereocenters. The van der Waals surface area contributed by atoms with Crippen LogP contribution >= 0.6 is 11.8 Å². The zero-order valence-electron chi connectivity index (χ0n) is 14.5. The average Bonchev–Trinajstić information content (AvgIpc) is 3.10. The number of thioether (sulfide) groups is 1. The van der Waals surface area contributed by atoms with Crippen molar-refractivity contribution in [2.75, 3.05) is 11.1 Å². The molecule has 0 spiro atoms. The van der Waals surface area contributed by atoms with E-state index in [1.807, 2.05) is 55.5 Å². The monoisotopic (exact) mass is 376 g/mol. The highest BCUT2D eigenvalue weighted by atomic mass is 32.2. The van der Waals surface area contributed by atoms with E-state index in [0.29, 0.717) is 11.5 Å². The molecule has 0 bridgehead atoms. The van der Waals surface area contributed by atoms with Gasteiger partial charge in [-0.05, 0) is 48.9 Å². The molecule has 4 rings (SSSR count). The molecular formula is C19H16N6OS. The number of aryl methyl sites for hydroxylation is 1. The Labute approximate surface area is 159 Å². The van der Waals surface area contributed by atoms with Crippen LogP contribution in [0.15, 0.2) is 66.0 Å². The number of nitrogens with zero attached hydrogens (tertiary/aromatic N) is 5. The van der Waals surface area contributed by atoms with Gasteiger partial charge in [-0.3, -0.25) is 9.78 Å². The molecule has 0 fully saturated rings. The minimum Gasteiger partial charge on any atom is -0.325 e. The average molecular weight is 376 g/mol. The van der Waals surface area contributed by atoms with Gasteiger partial charge in [0.15, 0.2) is 11.5 Å². The van der Waals surface area contributed by atoms with Crippen LogP contribution in [0.2, 0.25) is 0 Å². The van der Waals surface area contributed by atoms with Crippen molar-refractivity contribution in [1.29, 1.82) is 0 Å². The number of carbonyl (C=O) groups excluding carboxylic acids is 1. The van der Waals surface area contributed by atoms with Crippen LogP contribution in [0.4, 0.5) is 5.69 Å². The van der Waals surface area contributed by atoms with Crippen LogP contribution in [0.5, 0.6) is 0 Å². The first-order chi connectivity index (χ1) is 13.2. The lowest BCUT2D eigenvalue weighted by Crippen LogP contribution is -2.14. The van der Waals surface area contributed by atoms with Crippen LogP contribution in [-0.4, -0.2) is 36.5 Å². The zero-order valence-corrected chi connectivity index (χ0v) is 15.3. The zero-order chi connectivity index (χ0) is 18.6. The summed E-state index contributed by atoms with van der Waals surface area (Å²) in [7, 11) is 0. The first-order valence-corrected chi connectivity index (χ1v) is 9.30. The van der Waals surface area contributed by atoms with Gasteiger partial charge in [0, 0.05) is 23.6 Å². The predicted octanol–water partition coefficient (Wildman–Crippen LogP) is 3.23. The number of hydrogen-bond donors (Lipinski definition) is 1. The number of benzene rings is 1. The van der Waals surface area contributed by atoms with E-state index in [2.05, 4.69) is 25.6 Å². The van der Waals surface area contributed by atoms with E-state index in [0.717, 1.165) is 21.8 Å². The van der Waals surface area contributed by atoms with E-state index < -0.39 is 0 Å². The molecule has 1 aromatic carbocycles. The number of carbonyl (C=O) groups is 1. The topological polar surface area (TPSA) is 85.1 Å². The maximum Gasteiger partial charge on any atom is 0.234 e. The van der Waals surface area contributed by atoms with Gasteiger partial charge in [-0.1, -0.05) is 23.9 Å². The van der Waals surface area contributed by atoms with Gasteiger partial charge < -0.3 is 5.32 Å². The van der Waals surface area contributed by atoms with E-state index >= 15 is 0 Å². The molecule has 0 aliphatic rings. The van der Waals surface area contributed by atoms with Gasteiger partial charge in [-0.15, -0.1) is 10.2 Å². The van der Waals surface area contributed by atoms with Gasteiger partial charge in [0.2, 0.25) is 5.91 Å². The Kier molecular flexibility index (Phi) is 4.80. The van der Waals surface area contributed by atoms with E-state index in [4.69, 9.17) is 0 Å². The summed E-state index contributed by atoms with van der Waals surface area (Å²) in [4.78, 5) is 16.2. The number of amides is 1. The second-order valence-electron chi connectivity index (χ2n) is 5.91. The van der Waals surface area contributed by atoms with Crippen molar-refractivity contribution < 1.29 is 4.79 Å². The molecular weight excluding hydrogens is 360 g/mol. The van der Waals surface area contributed by atoms with Crippen LogP contribution < -0.4 is 5.32 Å². The summed E-state index contributed by atoms with van der Waals surface area (Å²) in [5.41, 5.74) is 3.42. The molecule has 0 aliphatic carbocycles. The molecule has 0 saturated heterocycles. The Balaban J connectivity index is 1.48. The SMILES string of the molecule is Cc1cccc(NC(=O)CSc2ccc3nnc(-c4ccncc4)n3n2)c1. The maximum absolute atomic E-state index is 12.2. The fourth-order valence-electron chi connectivity index (χ4n) is 2.59. The molecule has 8 heteroatoms. The summed E-state index contributed by atoms with van der Waals surface area (Å²) in [5.74, 6) is 0.823.